The van der Waals surface area contributed by atoms with Gasteiger partial charge in [-0.3, -0.25) is 0 Å². The predicted molar refractivity (Wildman–Crippen MR) is 82.1 cm³/mol. The SMILES string of the molecule is CC1(C)CC(O)CC2=CCC3C4=CC=CC4CCC3C21. The van der Waals surface area contributed by atoms with Gasteiger partial charge in [0.05, 0.1) is 6.10 Å². The highest BCUT2D eigenvalue weighted by atomic mass is 16.3. The van der Waals surface area contributed by atoms with E-state index in [1.54, 1.807) is 11.1 Å². The van der Waals surface area contributed by atoms with E-state index in [0.29, 0.717) is 5.92 Å². The molecule has 0 spiro atoms. The monoisotopic (exact) mass is 270 g/mol. The molecule has 4 aliphatic rings. The summed E-state index contributed by atoms with van der Waals surface area (Å²) in [5.74, 6) is 3.03. The first-order valence-corrected chi connectivity index (χ1v) is 8.31. The Bertz CT molecular complexity index is 508. The summed E-state index contributed by atoms with van der Waals surface area (Å²) in [6.07, 6.45) is 15.3. The van der Waals surface area contributed by atoms with Crippen LogP contribution < -0.4 is 0 Å². The first-order valence-electron chi connectivity index (χ1n) is 8.31. The lowest BCUT2D eigenvalue weighted by atomic mass is 9.52. The zero-order valence-corrected chi connectivity index (χ0v) is 12.7. The van der Waals surface area contributed by atoms with Crippen LogP contribution in [0.3, 0.4) is 0 Å². The Kier molecular flexibility index (Phi) is 2.79. The van der Waals surface area contributed by atoms with Gasteiger partial charge in [-0.15, -0.1) is 0 Å². The van der Waals surface area contributed by atoms with Crippen LogP contribution in [-0.2, 0) is 0 Å². The molecule has 1 N–H and O–H groups in total. The van der Waals surface area contributed by atoms with Crippen molar-refractivity contribution in [1.82, 2.24) is 0 Å². The normalized spacial score (nSPS) is 45.0. The van der Waals surface area contributed by atoms with E-state index < -0.39 is 0 Å². The molecule has 2 fully saturated rings. The van der Waals surface area contributed by atoms with Gasteiger partial charge in [-0.25, -0.2) is 0 Å². The Labute approximate surface area is 122 Å². The quantitative estimate of drug-likeness (QED) is 0.652. The molecule has 0 aliphatic heterocycles. The molecule has 0 bridgehead atoms. The summed E-state index contributed by atoms with van der Waals surface area (Å²) in [4.78, 5) is 0. The highest BCUT2D eigenvalue weighted by Gasteiger charge is 2.49. The number of allylic oxidation sites excluding steroid dienone is 5. The van der Waals surface area contributed by atoms with Crippen LogP contribution in [0.1, 0.15) is 46.0 Å². The molecule has 4 rings (SSSR count). The summed E-state index contributed by atoms with van der Waals surface area (Å²) < 4.78 is 0. The van der Waals surface area contributed by atoms with Gasteiger partial charge in [-0.2, -0.15) is 0 Å². The molecule has 4 aliphatic carbocycles. The number of hydrogen-bond donors (Lipinski definition) is 1. The largest absolute Gasteiger partial charge is 0.393 e. The van der Waals surface area contributed by atoms with Crippen molar-refractivity contribution in [2.75, 3.05) is 0 Å². The first kappa shape index (κ1) is 12.9. The highest BCUT2D eigenvalue weighted by Crippen LogP contribution is 2.58. The highest BCUT2D eigenvalue weighted by molar-refractivity contribution is 5.35. The predicted octanol–water partition coefficient (Wildman–Crippen LogP) is 4.25. The summed E-state index contributed by atoms with van der Waals surface area (Å²) in [7, 11) is 0. The molecule has 0 amide bonds. The molecular formula is C19H26O. The Morgan fingerprint density at radius 1 is 1.25 bits per heavy atom. The average molecular weight is 270 g/mol. The zero-order chi connectivity index (χ0) is 13.9. The van der Waals surface area contributed by atoms with Crippen LogP contribution in [0.2, 0.25) is 0 Å². The fraction of sp³-hybridized carbons (Fsp3) is 0.684. The van der Waals surface area contributed by atoms with E-state index in [9.17, 15) is 5.11 Å². The summed E-state index contributed by atoms with van der Waals surface area (Å²) in [6, 6.07) is 0. The number of fused-ring (bicyclic) bond motifs is 5. The third kappa shape index (κ3) is 1.79. The fourth-order valence-corrected chi connectivity index (χ4v) is 5.78. The number of rotatable bonds is 0. The average Bonchev–Trinajstić information content (AvgIpc) is 2.84. The molecule has 0 aromatic heterocycles. The van der Waals surface area contributed by atoms with Crippen molar-refractivity contribution < 1.29 is 5.11 Å². The lowest BCUT2D eigenvalue weighted by Crippen LogP contribution is -2.46. The molecule has 0 heterocycles. The lowest BCUT2D eigenvalue weighted by Gasteiger charge is -2.53. The van der Waals surface area contributed by atoms with E-state index in [1.165, 1.54) is 19.3 Å². The fourth-order valence-electron chi connectivity index (χ4n) is 5.78. The summed E-state index contributed by atoms with van der Waals surface area (Å²) in [5, 5.41) is 10.2. The van der Waals surface area contributed by atoms with Crippen LogP contribution in [0.15, 0.2) is 35.5 Å². The summed E-state index contributed by atoms with van der Waals surface area (Å²) in [6.45, 7) is 4.76. The molecule has 0 radical (unpaired) electrons. The van der Waals surface area contributed by atoms with Crippen molar-refractivity contribution in [2.24, 2.45) is 29.1 Å². The molecule has 20 heavy (non-hydrogen) atoms. The number of hydrogen-bond acceptors (Lipinski definition) is 1. The molecule has 5 atom stereocenters. The van der Waals surface area contributed by atoms with Gasteiger partial charge in [-0.05, 0) is 61.2 Å². The molecule has 1 nitrogen and oxygen atoms in total. The van der Waals surface area contributed by atoms with E-state index in [1.807, 2.05) is 0 Å². The van der Waals surface area contributed by atoms with E-state index in [2.05, 4.69) is 38.2 Å². The van der Waals surface area contributed by atoms with Crippen molar-refractivity contribution in [3.63, 3.8) is 0 Å². The minimum Gasteiger partial charge on any atom is -0.393 e. The molecule has 5 unspecified atom stereocenters. The Balaban J connectivity index is 1.71. The molecule has 0 saturated heterocycles. The van der Waals surface area contributed by atoms with E-state index in [-0.39, 0.29) is 11.5 Å². The Morgan fingerprint density at radius 3 is 2.95 bits per heavy atom. The van der Waals surface area contributed by atoms with Crippen LogP contribution in [0.25, 0.3) is 0 Å². The maximum atomic E-state index is 10.2. The van der Waals surface area contributed by atoms with Gasteiger partial charge in [0.25, 0.3) is 0 Å². The van der Waals surface area contributed by atoms with Crippen molar-refractivity contribution in [1.29, 1.82) is 0 Å². The smallest absolute Gasteiger partial charge is 0.0582 e. The summed E-state index contributed by atoms with van der Waals surface area (Å²) in [5.41, 5.74) is 3.53. The van der Waals surface area contributed by atoms with E-state index in [4.69, 9.17) is 0 Å². The minimum absolute atomic E-state index is 0.118. The van der Waals surface area contributed by atoms with Crippen LogP contribution in [-0.4, -0.2) is 11.2 Å². The van der Waals surface area contributed by atoms with Gasteiger partial charge >= 0.3 is 0 Å². The van der Waals surface area contributed by atoms with Gasteiger partial charge in [0, 0.05) is 0 Å². The van der Waals surface area contributed by atoms with Gasteiger partial charge in [0.1, 0.15) is 0 Å². The Hall–Kier alpha value is -0.820. The maximum Gasteiger partial charge on any atom is 0.0582 e. The van der Waals surface area contributed by atoms with Gasteiger partial charge in [0.2, 0.25) is 0 Å². The molecule has 0 aromatic carbocycles. The topological polar surface area (TPSA) is 20.2 Å². The van der Waals surface area contributed by atoms with Gasteiger partial charge in [0.15, 0.2) is 0 Å². The molecule has 108 valence electrons. The van der Waals surface area contributed by atoms with Crippen LogP contribution in [0.4, 0.5) is 0 Å². The zero-order valence-electron chi connectivity index (χ0n) is 12.7. The van der Waals surface area contributed by atoms with Crippen molar-refractivity contribution in [2.45, 2.75) is 52.1 Å². The molecular weight excluding hydrogens is 244 g/mol. The van der Waals surface area contributed by atoms with Crippen molar-refractivity contribution in [3.05, 3.63) is 35.5 Å². The molecule has 1 heteroatoms. The van der Waals surface area contributed by atoms with E-state index >= 15 is 0 Å². The summed E-state index contributed by atoms with van der Waals surface area (Å²) >= 11 is 0. The Morgan fingerprint density at radius 2 is 2.10 bits per heavy atom. The second-order valence-corrected chi connectivity index (χ2v) is 8.05. The second kappa shape index (κ2) is 4.34. The molecule has 2 saturated carbocycles. The number of aliphatic hydroxyl groups excluding tert-OH is 1. The van der Waals surface area contributed by atoms with Crippen LogP contribution in [0.5, 0.6) is 0 Å². The van der Waals surface area contributed by atoms with E-state index in [0.717, 1.165) is 30.6 Å². The first-order chi connectivity index (χ1) is 9.56. The van der Waals surface area contributed by atoms with Gasteiger partial charge in [-0.1, -0.05) is 49.3 Å². The van der Waals surface area contributed by atoms with Crippen LogP contribution in [0, 0.1) is 29.1 Å². The number of aliphatic hydroxyl groups is 1. The van der Waals surface area contributed by atoms with Crippen molar-refractivity contribution in [3.8, 4) is 0 Å². The third-order valence-electron chi connectivity index (χ3n) is 6.35. The minimum atomic E-state index is -0.118. The standard InChI is InChI=1S/C19H26O/c1-19(2)11-14(20)10-13-7-8-16-15-5-3-4-12(15)6-9-17(16)18(13)19/h3-5,7,12,14,16-18,20H,6,8-11H2,1-2H3. The molecule has 0 aromatic rings. The van der Waals surface area contributed by atoms with Gasteiger partial charge < -0.3 is 5.11 Å². The van der Waals surface area contributed by atoms with Crippen molar-refractivity contribution >= 4 is 0 Å². The third-order valence-corrected chi connectivity index (χ3v) is 6.35. The lowest BCUT2D eigenvalue weighted by molar-refractivity contribution is 0.00910. The van der Waals surface area contributed by atoms with Crippen LogP contribution >= 0.6 is 0 Å². The second-order valence-electron chi connectivity index (χ2n) is 8.05. The maximum absolute atomic E-state index is 10.2.